The largest absolute Gasteiger partial charge is 0.354 e. The van der Waals surface area contributed by atoms with Crippen LogP contribution in [-0.2, 0) is 0 Å². The van der Waals surface area contributed by atoms with Gasteiger partial charge >= 0.3 is 0 Å². The Bertz CT molecular complexity index is 325. The molecule has 0 aliphatic heterocycles. The Morgan fingerprint density at radius 3 is 2.85 bits per heavy atom. The van der Waals surface area contributed by atoms with Gasteiger partial charge in [-0.15, -0.1) is 0 Å². The van der Waals surface area contributed by atoms with Crippen LogP contribution in [0.1, 0.15) is 12.8 Å². The first-order valence-corrected chi connectivity index (χ1v) is 4.60. The highest BCUT2D eigenvalue weighted by Crippen LogP contribution is 2.30. The molecule has 1 heterocycles. The van der Waals surface area contributed by atoms with Gasteiger partial charge in [0.15, 0.2) is 11.6 Å². The fourth-order valence-electron chi connectivity index (χ4n) is 1.30. The second-order valence-corrected chi connectivity index (χ2v) is 3.74. The van der Waals surface area contributed by atoms with Crippen molar-refractivity contribution in [3.8, 4) is 0 Å². The lowest BCUT2D eigenvalue weighted by molar-refractivity contribution is 0.614. The molecule has 1 aliphatic rings. The van der Waals surface area contributed by atoms with Crippen molar-refractivity contribution in [3.63, 3.8) is 0 Å². The highest BCUT2D eigenvalue weighted by atomic mass is 35.5. The number of rotatable bonds is 2. The van der Waals surface area contributed by atoms with Crippen LogP contribution in [0.5, 0.6) is 0 Å². The smallest absolute Gasteiger partial charge is 0.167 e. The molecule has 2 nitrogen and oxygen atoms in total. The Labute approximate surface area is 81.3 Å². The van der Waals surface area contributed by atoms with Crippen LogP contribution in [0.3, 0.4) is 0 Å². The summed E-state index contributed by atoms with van der Waals surface area (Å²) in [6.07, 6.45) is 3.72. The van der Waals surface area contributed by atoms with Gasteiger partial charge in [0, 0.05) is 19.3 Å². The summed E-state index contributed by atoms with van der Waals surface area (Å²) >= 11 is 5.60. The van der Waals surface area contributed by atoms with Gasteiger partial charge in [0.05, 0.1) is 5.02 Å². The lowest BCUT2D eigenvalue weighted by atomic mass is 10.4. The molecule has 1 saturated carbocycles. The second-order valence-electron chi connectivity index (χ2n) is 3.30. The van der Waals surface area contributed by atoms with Gasteiger partial charge in [-0.1, -0.05) is 11.6 Å². The minimum Gasteiger partial charge on any atom is -0.354 e. The van der Waals surface area contributed by atoms with E-state index in [0.717, 1.165) is 12.8 Å². The van der Waals surface area contributed by atoms with Crippen LogP contribution >= 0.6 is 11.6 Å². The zero-order valence-electron chi connectivity index (χ0n) is 7.30. The fraction of sp³-hybridized carbons (Fsp3) is 0.444. The molecule has 13 heavy (non-hydrogen) atoms. The molecule has 0 atom stereocenters. The number of halogens is 2. The van der Waals surface area contributed by atoms with Gasteiger partial charge in [0.2, 0.25) is 0 Å². The molecule has 0 amide bonds. The number of hydrogen-bond acceptors (Lipinski definition) is 2. The Balaban J connectivity index is 2.28. The lowest BCUT2D eigenvalue weighted by Crippen LogP contribution is -2.21. The molecular formula is C9H10ClFN2. The number of aromatic nitrogens is 1. The molecule has 0 N–H and O–H groups in total. The van der Waals surface area contributed by atoms with E-state index in [1.807, 2.05) is 11.9 Å². The third-order valence-corrected chi connectivity index (χ3v) is 2.42. The summed E-state index contributed by atoms with van der Waals surface area (Å²) in [5.41, 5.74) is 0. The van der Waals surface area contributed by atoms with E-state index >= 15 is 0 Å². The first kappa shape index (κ1) is 8.75. The number of nitrogens with zero attached hydrogens (tertiary/aromatic N) is 2. The van der Waals surface area contributed by atoms with Gasteiger partial charge in [-0.25, -0.2) is 9.37 Å². The Morgan fingerprint density at radius 2 is 2.31 bits per heavy atom. The quantitative estimate of drug-likeness (QED) is 0.729. The van der Waals surface area contributed by atoms with Crippen molar-refractivity contribution < 1.29 is 4.39 Å². The molecule has 0 aromatic carbocycles. The molecule has 1 aliphatic carbocycles. The molecule has 0 radical (unpaired) electrons. The highest BCUT2D eigenvalue weighted by Gasteiger charge is 2.28. The molecule has 0 unspecified atom stereocenters. The van der Waals surface area contributed by atoms with Crippen LogP contribution in [-0.4, -0.2) is 18.1 Å². The van der Waals surface area contributed by atoms with Crippen LogP contribution < -0.4 is 4.90 Å². The third-order valence-electron chi connectivity index (χ3n) is 2.22. The molecule has 1 aromatic heterocycles. The summed E-state index contributed by atoms with van der Waals surface area (Å²) in [4.78, 5) is 5.82. The molecule has 0 bridgehead atoms. The van der Waals surface area contributed by atoms with E-state index in [1.54, 1.807) is 0 Å². The van der Waals surface area contributed by atoms with E-state index in [1.165, 1.54) is 12.3 Å². The van der Waals surface area contributed by atoms with E-state index in [9.17, 15) is 4.39 Å². The standard InChI is InChI=1S/C9H10ClFN2/c1-13(7-2-3-7)9-8(11)4-6(10)5-12-9/h4-5,7H,2-3H2,1H3. The summed E-state index contributed by atoms with van der Waals surface area (Å²) in [7, 11) is 1.86. The minimum atomic E-state index is -0.345. The summed E-state index contributed by atoms with van der Waals surface area (Å²) in [5, 5.41) is 0.338. The van der Waals surface area contributed by atoms with Crippen molar-refractivity contribution in [1.29, 1.82) is 0 Å². The van der Waals surface area contributed by atoms with E-state index in [-0.39, 0.29) is 5.82 Å². The molecule has 0 spiro atoms. The highest BCUT2D eigenvalue weighted by molar-refractivity contribution is 6.30. The number of pyridine rings is 1. The molecule has 1 aromatic rings. The van der Waals surface area contributed by atoms with Crippen LogP contribution in [0.15, 0.2) is 12.3 Å². The maximum absolute atomic E-state index is 13.3. The average molecular weight is 201 g/mol. The molecule has 1 fully saturated rings. The molecule has 70 valence electrons. The number of anilines is 1. The Morgan fingerprint density at radius 1 is 1.62 bits per heavy atom. The Kier molecular flexibility index (Phi) is 2.12. The normalized spacial score (nSPS) is 15.9. The lowest BCUT2D eigenvalue weighted by Gasteiger charge is -2.17. The third kappa shape index (κ3) is 1.75. The van der Waals surface area contributed by atoms with Gasteiger partial charge < -0.3 is 4.90 Å². The van der Waals surface area contributed by atoms with Crippen molar-refractivity contribution in [1.82, 2.24) is 4.98 Å². The molecular weight excluding hydrogens is 191 g/mol. The zero-order chi connectivity index (χ0) is 9.42. The fourth-order valence-corrected chi connectivity index (χ4v) is 1.45. The topological polar surface area (TPSA) is 16.1 Å². The average Bonchev–Trinajstić information content (AvgIpc) is 2.85. The predicted molar refractivity (Wildman–Crippen MR) is 50.6 cm³/mol. The van der Waals surface area contributed by atoms with Crippen molar-refractivity contribution in [2.45, 2.75) is 18.9 Å². The van der Waals surface area contributed by atoms with Crippen molar-refractivity contribution in [3.05, 3.63) is 23.1 Å². The maximum Gasteiger partial charge on any atom is 0.167 e. The summed E-state index contributed by atoms with van der Waals surface area (Å²) in [6, 6.07) is 1.76. The summed E-state index contributed by atoms with van der Waals surface area (Å²) in [5.74, 6) is 0.0498. The van der Waals surface area contributed by atoms with Crippen LogP contribution in [0.25, 0.3) is 0 Å². The van der Waals surface area contributed by atoms with E-state index in [4.69, 9.17) is 11.6 Å². The maximum atomic E-state index is 13.3. The minimum absolute atomic E-state index is 0.338. The first-order valence-electron chi connectivity index (χ1n) is 4.22. The van der Waals surface area contributed by atoms with Crippen molar-refractivity contribution in [2.24, 2.45) is 0 Å². The molecule has 0 saturated heterocycles. The van der Waals surface area contributed by atoms with Crippen LogP contribution in [0, 0.1) is 5.82 Å². The van der Waals surface area contributed by atoms with Gasteiger partial charge in [-0.05, 0) is 18.9 Å². The van der Waals surface area contributed by atoms with Gasteiger partial charge in [0.25, 0.3) is 0 Å². The predicted octanol–water partition coefficient (Wildman–Crippen LogP) is 2.47. The summed E-state index contributed by atoms with van der Waals surface area (Å²) < 4.78 is 13.3. The van der Waals surface area contributed by atoms with Crippen molar-refractivity contribution in [2.75, 3.05) is 11.9 Å². The first-order chi connectivity index (χ1) is 6.18. The van der Waals surface area contributed by atoms with Gasteiger partial charge in [0.1, 0.15) is 0 Å². The zero-order valence-corrected chi connectivity index (χ0v) is 8.05. The van der Waals surface area contributed by atoms with Crippen LogP contribution in [0.4, 0.5) is 10.2 Å². The molecule has 4 heteroatoms. The number of hydrogen-bond donors (Lipinski definition) is 0. The monoisotopic (exact) mass is 200 g/mol. The van der Waals surface area contributed by atoms with Gasteiger partial charge in [-0.3, -0.25) is 0 Å². The van der Waals surface area contributed by atoms with Crippen LogP contribution in [0.2, 0.25) is 5.02 Å². The Hall–Kier alpha value is -0.830. The van der Waals surface area contributed by atoms with Crippen molar-refractivity contribution >= 4 is 17.4 Å². The second kappa shape index (κ2) is 3.14. The van der Waals surface area contributed by atoms with E-state index in [0.29, 0.717) is 16.9 Å². The van der Waals surface area contributed by atoms with E-state index < -0.39 is 0 Å². The van der Waals surface area contributed by atoms with E-state index in [2.05, 4.69) is 4.98 Å². The SMILES string of the molecule is CN(c1ncc(Cl)cc1F)C1CC1. The van der Waals surface area contributed by atoms with Gasteiger partial charge in [-0.2, -0.15) is 0 Å². The summed E-state index contributed by atoms with van der Waals surface area (Å²) in [6.45, 7) is 0. The molecule has 2 rings (SSSR count).